The van der Waals surface area contributed by atoms with E-state index in [0.717, 1.165) is 13.1 Å². The van der Waals surface area contributed by atoms with E-state index in [1.165, 1.54) is 6.20 Å². The summed E-state index contributed by atoms with van der Waals surface area (Å²) in [5.41, 5.74) is 1.08. The molecular weight excluding hydrogens is 509 g/mol. The van der Waals surface area contributed by atoms with E-state index in [9.17, 15) is 4.79 Å². The van der Waals surface area contributed by atoms with Crippen LogP contribution in [0.1, 0.15) is 10.4 Å². The molecule has 1 aliphatic rings. The second kappa shape index (κ2) is 12.3. The number of nitrogens with one attached hydrogen (secondary N) is 2. The minimum atomic E-state index is -0.519. The van der Waals surface area contributed by atoms with Crippen molar-refractivity contribution in [2.45, 2.75) is 12.6 Å². The van der Waals surface area contributed by atoms with Crippen molar-refractivity contribution >= 4 is 46.4 Å². The van der Waals surface area contributed by atoms with Gasteiger partial charge in [0.15, 0.2) is 0 Å². The van der Waals surface area contributed by atoms with Crippen LogP contribution in [-0.4, -0.2) is 83.7 Å². The zero-order valence-corrected chi connectivity index (χ0v) is 21.4. The smallest absolute Gasteiger partial charge is 0.262 e. The fraction of sp³-hybridized carbons (Fsp3) is 0.391. The number of methoxy groups -OCH3 is 1. The van der Waals surface area contributed by atoms with Crippen molar-refractivity contribution in [3.63, 3.8) is 0 Å². The van der Waals surface area contributed by atoms with Gasteiger partial charge in [-0.2, -0.15) is 10.1 Å². The highest BCUT2D eigenvalue weighted by Gasteiger charge is 2.20. The monoisotopic (exact) mass is 535 g/mol. The number of hydrogen-bond acceptors (Lipinski definition) is 9. The van der Waals surface area contributed by atoms with Gasteiger partial charge in [0, 0.05) is 32.6 Å². The maximum atomic E-state index is 13.0. The predicted molar refractivity (Wildman–Crippen MR) is 137 cm³/mol. The van der Waals surface area contributed by atoms with Crippen LogP contribution in [0.25, 0.3) is 0 Å². The lowest BCUT2D eigenvalue weighted by Crippen LogP contribution is -2.42. The number of nitrogens with zero attached hydrogens (tertiary/aromatic N) is 5. The van der Waals surface area contributed by atoms with Gasteiger partial charge in [0.2, 0.25) is 11.8 Å². The summed E-state index contributed by atoms with van der Waals surface area (Å²) >= 11 is 12.4. The number of amides is 1. The molecule has 0 aliphatic carbocycles. The van der Waals surface area contributed by atoms with Gasteiger partial charge in [-0.1, -0.05) is 29.3 Å². The summed E-state index contributed by atoms with van der Waals surface area (Å²) in [4.78, 5) is 23.9. The number of benzene rings is 1. The average Bonchev–Trinajstić information content (AvgIpc) is 3.28. The molecule has 0 bridgehead atoms. The first-order valence-electron chi connectivity index (χ1n) is 11.3. The molecule has 2 aromatic heterocycles. The first kappa shape index (κ1) is 26.1. The van der Waals surface area contributed by atoms with Crippen molar-refractivity contribution in [1.82, 2.24) is 24.6 Å². The molecule has 11 nitrogen and oxygen atoms in total. The Bertz CT molecular complexity index is 1170. The first-order valence-corrected chi connectivity index (χ1v) is 12.0. The van der Waals surface area contributed by atoms with Gasteiger partial charge in [-0.25, -0.2) is 4.98 Å². The Morgan fingerprint density at radius 2 is 2.06 bits per heavy atom. The van der Waals surface area contributed by atoms with Crippen molar-refractivity contribution in [3.8, 4) is 5.88 Å². The minimum Gasteiger partial charge on any atom is -0.475 e. The molecule has 1 fully saturated rings. The summed E-state index contributed by atoms with van der Waals surface area (Å²) in [5, 5.41) is 10.8. The number of para-hydroxylation sites is 1. The first-order chi connectivity index (χ1) is 17.4. The topological polar surface area (TPSA) is 116 Å². The van der Waals surface area contributed by atoms with Crippen molar-refractivity contribution < 1.29 is 19.0 Å². The van der Waals surface area contributed by atoms with Gasteiger partial charge >= 0.3 is 0 Å². The highest BCUT2D eigenvalue weighted by atomic mass is 35.5. The van der Waals surface area contributed by atoms with E-state index in [0.29, 0.717) is 35.5 Å². The number of carbonyl (C=O) groups is 1. The Labute approximate surface area is 218 Å². The van der Waals surface area contributed by atoms with Gasteiger partial charge in [-0.3, -0.25) is 9.48 Å². The maximum Gasteiger partial charge on any atom is 0.262 e. The number of anilines is 3. The van der Waals surface area contributed by atoms with Crippen molar-refractivity contribution in [2.24, 2.45) is 0 Å². The molecule has 1 atom stereocenters. The molecule has 4 rings (SSSR count). The Morgan fingerprint density at radius 3 is 2.81 bits per heavy atom. The van der Waals surface area contributed by atoms with Gasteiger partial charge in [0.05, 0.1) is 53.5 Å². The summed E-state index contributed by atoms with van der Waals surface area (Å²) in [6, 6.07) is 4.94. The van der Waals surface area contributed by atoms with Crippen molar-refractivity contribution in [2.75, 3.05) is 57.7 Å². The summed E-state index contributed by atoms with van der Waals surface area (Å²) in [6.45, 7) is 3.60. The van der Waals surface area contributed by atoms with Crippen LogP contribution in [0.15, 0.2) is 36.8 Å². The lowest BCUT2D eigenvalue weighted by Gasteiger charge is -2.29. The van der Waals surface area contributed by atoms with E-state index in [1.807, 2.05) is 6.20 Å². The van der Waals surface area contributed by atoms with E-state index in [1.54, 1.807) is 36.2 Å². The molecule has 0 unspecified atom stereocenters. The van der Waals surface area contributed by atoms with Crippen LogP contribution in [0.4, 0.5) is 17.3 Å². The molecule has 13 heteroatoms. The Morgan fingerprint density at radius 1 is 1.25 bits per heavy atom. The van der Waals surface area contributed by atoms with Crippen LogP contribution in [0, 0.1) is 0 Å². The molecule has 3 heterocycles. The molecule has 36 heavy (non-hydrogen) atoms. The van der Waals surface area contributed by atoms with E-state index in [2.05, 4.69) is 37.6 Å². The number of rotatable bonds is 10. The third kappa shape index (κ3) is 6.83. The maximum absolute atomic E-state index is 13.0. The van der Waals surface area contributed by atoms with E-state index in [-0.39, 0.29) is 35.8 Å². The lowest BCUT2D eigenvalue weighted by molar-refractivity contribution is -0.0290. The Hall–Kier alpha value is -2.96. The number of halogens is 2. The minimum absolute atomic E-state index is 0.0676. The van der Waals surface area contributed by atoms with Crippen LogP contribution in [0.3, 0.4) is 0 Å². The fourth-order valence-corrected chi connectivity index (χ4v) is 4.05. The number of hydrogen-bond donors (Lipinski definition) is 2. The van der Waals surface area contributed by atoms with Crippen LogP contribution in [-0.2, 0) is 16.0 Å². The SMILES string of the molecule is COCCOc1nc(Nc2cnn(C[C@@H]3CN(C)CCO3)c2)ncc1C(=O)Nc1c(Cl)cccc1Cl. The summed E-state index contributed by atoms with van der Waals surface area (Å²) < 4.78 is 18.4. The number of aromatic nitrogens is 4. The molecule has 1 amide bonds. The number of ether oxygens (including phenoxy) is 3. The van der Waals surface area contributed by atoms with Gasteiger partial charge in [-0.15, -0.1) is 0 Å². The second-order valence-electron chi connectivity index (χ2n) is 8.14. The standard InChI is InChI=1S/C23H27Cl2N7O4/c1-31-6-7-35-16(13-31)14-32-12-15(10-27-32)28-23-26-11-17(22(30-23)36-9-8-34-2)21(33)29-20-18(24)4-3-5-19(20)25/h3-5,10-12,16H,6-9,13-14H2,1-2H3,(H,29,33)(H,26,28,30)/t16-/m0/s1. The third-order valence-corrected chi connectivity index (χ3v) is 5.98. The molecule has 1 saturated heterocycles. The normalized spacial score (nSPS) is 16.1. The Balaban J connectivity index is 1.48. The van der Waals surface area contributed by atoms with Crippen LogP contribution in [0.2, 0.25) is 10.0 Å². The number of likely N-dealkylation sites (N-methyl/N-ethyl adjacent to an activating group) is 1. The number of carbonyl (C=O) groups excluding carboxylic acids is 1. The fourth-order valence-electron chi connectivity index (χ4n) is 3.55. The second-order valence-corrected chi connectivity index (χ2v) is 8.95. The summed E-state index contributed by atoms with van der Waals surface area (Å²) in [7, 11) is 3.62. The molecule has 3 aromatic rings. The quantitative estimate of drug-likeness (QED) is 0.377. The molecule has 1 aromatic carbocycles. The summed E-state index contributed by atoms with van der Waals surface area (Å²) in [6.07, 6.45) is 4.94. The van der Waals surface area contributed by atoms with Crippen molar-refractivity contribution in [3.05, 3.63) is 52.4 Å². The molecule has 1 aliphatic heterocycles. The zero-order valence-electron chi connectivity index (χ0n) is 19.9. The zero-order chi connectivity index (χ0) is 25.5. The molecule has 2 N–H and O–H groups in total. The number of morpholine rings is 1. The molecule has 0 saturated carbocycles. The molecular formula is C23H27Cl2N7O4. The van der Waals surface area contributed by atoms with Crippen LogP contribution < -0.4 is 15.4 Å². The Kier molecular flexibility index (Phi) is 8.94. The van der Waals surface area contributed by atoms with Crippen LogP contribution in [0.5, 0.6) is 5.88 Å². The van der Waals surface area contributed by atoms with E-state index < -0.39 is 5.91 Å². The molecule has 0 spiro atoms. The largest absolute Gasteiger partial charge is 0.475 e. The van der Waals surface area contributed by atoms with E-state index in [4.69, 9.17) is 37.4 Å². The highest BCUT2D eigenvalue weighted by molar-refractivity contribution is 6.40. The molecule has 0 radical (unpaired) electrons. The van der Waals surface area contributed by atoms with Crippen LogP contribution >= 0.6 is 23.2 Å². The third-order valence-electron chi connectivity index (χ3n) is 5.35. The lowest BCUT2D eigenvalue weighted by atomic mass is 10.2. The van der Waals surface area contributed by atoms with Gasteiger partial charge < -0.3 is 29.7 Å². The molecule has 192 valence electrons. The van der Waals surface area contributed by atoms with Gasteiger partial charge in [-0.05, 0) is 19.2 Å². The predicted octanol–water partition coefficient (Wildman–Crippen LogP) is 3.33. The van der Waals surface area contributed by atoms with Gasteiger partial charge in [0.25, 0.3) is 5.91 Å². The van der Waals surface area contributed by atoms with Crippen molar-refractivity contribution in [1.29, 1.82) is 0 Å². The summed E-state index contributed by atoms with van der Waals surface area (Å²) in [5.74, 6) is -0.201. The van der Waals surface area contributed by atoms with Gasteiger partial charge in [0.1, 0.15) is 12.2 Å². The highest BCUT2D eigenvalue weighted by Crippen LogP contribution is 2.31. The van der Waals surface area contributed by atoms with E-state index >= 15 is 0 Å². The average molecular weight is 536 g/mol.